The third kappa shape index (κ3) is 2.99. The summed E-state index contributed by atoms with van der Waals surface area (Å²) in [4.78, 5) is 6.38. The van der Waals surface area contributed by atoms with Gasteiger partial charge in [0.25, 0.3) is 0 Å². The molecule has 0 radical (unpaired) electrons. The zero-order chi connectivity index (χ0) is 14.8. The fourth-order valence-electron chi connectivity index (χ4n) is 3.05. The summed E-state index contributed by atoms with van der Waals surface area (Å²) in [5.74, 6) is 0.872. The lowest BCUT2D eigenvalue weighted by Crippen LogP contribution is -2.36. The molecule has 3 rings (SSSR count). The number of pyridine rings is 1. The van der Waals surface area contributed by atoms with Crippen molar-refractivity contribution in [2.24, 2.45) is 0 Å². The van der Waals surface area contributed by atoms with Gasteiger partial charge in [-0.3, -0.25) is 9.88 Å². The number of nitrogens with zero attached hydrogens (tertiary/aromatic N) is 3. The number of aliphatic hydroxyl groups is 1. The summed E-state index contributed by atoms with van der Waals surface area (Å²) in [6, 6.07) is 4.17. The second-order valence-electron chi connectivity index (χ2n) is 5.76. The maximum Gasteiger partial charge on any atom is 0.138 e. The second-order valence-corrected chi connectivity index (χ2v) is 5.76. The average Bonchev–Trinajstić information content (AvgIpc) is 2.99. The van der Waals surface area contributed by atoms with Crippen LogP contribution in [0.2, 0.25) is 0 Å². The minimum atomic E-state index is -0.279. The van der Waals surface area contributed by atoms with Crippen LogP contribution < -0.4 is 0 Å². The minimum absolute atomic E-state index is 0.140. The molecular formula is C16H21N3O2. The second kappa shape index (κ2) is 5.95. The largest absolute Gasteiger partial charge is 0.391 e. The van der Waals surface area contributed by atoms with Crippen molar-refractivity contribution >= 4 is 0 Å². The molecule has 5 nitrogen and oxygen atoms in total. The number of aromatic nitrogens is 2. The first kappa shape index (κ1) is 14.2. The lowest BCUT2D eigenvalue weighted by Gasteiger charge is -2.26. The molecule has 5 heteroatoms. The predicted octanol–water partition coefficient (Wildman–Crippen LogP) is 1.86. The Morgan fingerprint density at radius 3 is 2.76 bits per heavy atom. The van der Waals surface area contributed by atoms with Crippen molar-refractivity contribution in [1.29, 1.82) is 0 Å². The average molecular weight is 287 g/mol. The summed E-state index contributed by atoms with van der Waals surface area (Å²) >= 11 is 0. The highest BCUT2D eigenvalue weighted by molar-refractivity contribution is 5.21. The molecule has 1 saturated heterocycles. The van der Waals surface area contributed by atoms with E-state index >= 15 is 0 Å². The fourth-order valence-corrected chi connectivity index (χ4v) is 3.05. The van der Waals surface area contributed by atoms with Crippen LogP contribution in [-0.4, -0.2) is 38.8 Å². The van der Waals surface area contributed by atoms with E-state index in [-0.39, 0.29) is 12.1 Å². The van der Waals surface area contributed by atoms with E-state index in [1.165, 1.54) is 5.56 Å². The van der Waals surface area contributed by atoms with Crippen LogP contribution in [0.1, 0.15) is 29.0 Å². The number of aliphatic hydroxyl groups excluding tert-OH is 1. The number of aryl methyl sites for hydroxylation is 2. The Bertz CT molecular complexity index is 577. The van der Waals surface area contributed by atoms with Crippen molar-refractivity contribution in [1.82, 2.24) is 15.0 Å². The first-order valence-corrected chi connectivity index (χ1v) is 7.38. The van der Waals surface area contributed by atoms with Crippen molar-refractivity contribution in [2.75, 3.05) is 6.54 Å². The van der Waals surface area contributed by atoms with Crippen LogP contribution in [0.5, 0.6) is 0 Å². The number of rotatable bonds is 4. The first-order chi connectivity index (χ1) is 10.1. The normalized spacial score (nSPS) is 22.8. The molecule has 2 aromatic heterocycles. The summed E-state index contributed by atoms with van der Waals surface area (Å²) in [5.41, 5.74) is 3.29. The van der Waals surface area contributed by atoms with E-state index in [4.69, 9.17) is 4.52 Å². The highest BCUT2D eigenvalue weighted by Crippen LogP contribution is 2.25. The van der Waals surface area contributed by atoms with E-state index in [9.17, 15) is 5.11 Å². The molecule has 2 atom stereocenters. The van der Waals surface area contributed by atoms with Crippen molar-refractivity contribution < 1.29 is 9.63 Å². The Kier molecular flexibility index (Phi) is 4.03. The monoisotopic (exact) mass is 287 g/mol. The standard InChI is InChI=1S/C16H21N3O2/c1-11-14(12(2)21-18-11)10-19-8-5-16(20)15(19)9-13-3-6-17-7-4-13/h3-4,6-7,15-16,20H,5,8-10H2,1-2H3/t15-,16-/m1/s1. The molecule has 21 heavy (non-hydrogen) atoms. The first-order valence-electron chi connectivity index (χ1n) is 7.38. The minimum Gasteiger partial charge on any atom is -0.391 e. The van der Waals surface area contributed by atoms with Gasteiger partial charge in [0.1, 0.15) is 5.76 Å². The predicted molar refractivity (Wildman–Crippen MR) is 78.7 cm³/mol. The van der Waals surface area contributed by atoms with Gasteiger partial charge >= 0.3 is 0 Å². The van der Waals surface area contributed by atoms with Crippen molar-refractivity contribution in [3.8, 4) is 0 Å². The summed E-state index contributed by atoms with van der Waals surface area (Å²) in [6.45, 7) is 5.60. The van der Waals surface area contributed by atoms with Crippen LogP contribution in [0.25, 0.3) is 0 Å². The number of likely N-dealkylation sites (tertiary alicyclic amines) is 1. The summed E-state index contributed by atoms with van der Waals surface area (Å²) in [5, 5.41) is 14.3. The van der Waals surface area contributed by atoms with Crippen molar-refractivity contribution in [3.63, 3.8) is 0 Å². The molecule has 2 aromatic rings. The zero-order valence-corrected chi connectivity index (χ0v) is 12.5. The van der Waals surface area contributed by atoms with Gasteiger partial charge in [-0.05, 0) is 44.4 Å². The van der Waals surface area contributed by atoms with E-state index in [0.29, 0.717) is 0 Å². The molecule has 0 saturated carbocycles. The summed E-state index contributed by atoms with van der Waals surface area (Å²) in [7, 11) is 0. The van der Waals surface area contributed by atoms with Gasteiger partial charge in [0.2, 0.25) is 0 Å². The van der Waals surface area contributed by atoms with Gasteiger partial charge in [0.05, 0.1) is 11.8 Å². The topological polar surface area (TPSA) is 62.4 Å². The Morgan fingerprint density at radius 2 is 2.10 bits per heavy atom. The Morgan fingerprint density at radius 1 is 1.33 bits per heavy atom. The molecule has 1 fully saturated rings. The highest BCUT2D eigenvalue weighted by Gasteiger charge is 2.33. The number of hydrogen-bond donors (Lipinski definition) is 1. The Hall–Kier alpha value is -1.72. The van der Waals surface area contributed by atoms with Crippen molar-refractivity contribution in [3.05, 3.63) is 47.1 Å². The van der Waals surface area contributed by atoms with E-state index in [1.54, 1.807) is 12.4 Å². The number of hydrogen-bond acceptors (Lipinski definition) is 5. The van der Waals surface area contributed by atoms with Crippen LogP contribution in [0, 0.1) is 13.8 Å². The molecule has 0 amide bonds. The lowest BCUT2D eigenvalue weighted by atomic mass is 10.0. The van der Waals surface area contributed by atoms with Crippen LogP contribution in [0.15, 0.2) is 29.0 Å². The SMILES string of the molecule is Cc1noc(C)c1CN1CC[C@@H](O)[C@H]1Cc1ccncc1. The van der Waals surface area contributed by atoms with Gasteiger partial charge < -0.3 is 9.63 Å². The molecule has 0 bridgehead atoms. The van der Waals surface area contributed by atoms with Gasteiger partial charge in [-0.25, -0.2) is 0 Å². The van der Waals surface area contributed by atoms with Gasteiger partial charge in [0, 0.05) is 37.1 Å². The van der Waals surface area contributed by atoms with Crippen LogP contribution in [0.4, 0.5) is 0 Å². The Balaban J connectivity index is 1.75. The molecule has 0 aromatic carbocycles. The van der Waals surface area contributed by atoms with E-state index in [1.807, 2.05) is 26.0 Å². The van der Waals surface area contributed by atoms with Gasteiger partial charge in [0.15, 0.2) is 0 Å². The zero-order valence-electron chi connectivity index (χ0n) is 12.5. The molecule has 1 aliphatic heterocycles. The summed E-state index contributed by atoms with van der Waals surface area (Å²) in [6.07, 6.45) is 4.98. The third-order valence-corrected chi connectivity index (χ3v) is 4.36. The molecule has 0 aliphatic carbocycles. The smallest absolute Gasteiger partial charge is 0.138 e. The molecule has 0 spiro atoms. The molecule has 1 aliphatic rings. The summed E-state index contributed by atoms with van der Waals surface area (Å²) < 4.78 is 5.24. The van der Waals surface area contributed by atoms with Crippen LogP contribution in [-0.2, 0) is 13.0 Å². The quantitative estimate of drug-likeness (QED) is 0.930. The molecule has 0 unspecified atom stereocenters. The Labute approximate surface area is 124 Å². The van der Waals surface area contributed by atoms with Crippen LogP contribution >= 0.6 is 0 Å². The highest BCUT2D eigenvalue weighted by atomic mass is 16.5. The van der Waals surface area contributed by atoms with Crippen LogP contribution in [0.3, 0.4) is 0 Å². The molecule has 112 valence electrons. The maximum absolute atomic E-state index is 10.3. The van der Waals surface area contributed by atoms with E-state index in [0.717, 1.165) is 42.9 Å². The molecule has 1 N–H and O–H groups in total. The maximum atomic E-state index is 10.3. The van der Waals surface area contributed by atoms with Gasteiger partial charge in [-0.15, -0.1) is 0 Å². The third-order valence-electron chi connectivity index (χ3n) is 4.36. The van der Waals surface area contributed by atoms with E-state index < -0.39 is 0 Å². The lowest BCUT2D eigenvalue weighted by molar-refractivity contribution is 0.112. The van der Waals surface area contributed by atoms with E-state index in [2.05, 4.69) is 15.0 Å². The fraction of sp³-hybridized carbons (Fsp3) is 0.500. The van der Waals surface area contributed by atoms with Crippen molar-refractivity contribution in [2.45, 2.75) is 45.4 Å². The van der Waals surface area contributed by atoms with Gasteiger partial charge in [-0.2, -0.15) is 0 Å². The molecule has 3 heterocycles. The molecular weight excluding hydrogens is 266 g/mol. The van der Waals surface area contributed by atoms with Gasteiger partial charge in [-0.1, -0.05) is 5.16 Å².